The van der Waals surface area contributed by atoms with E-state index in [1.54, 1.807) is 0 Å². The molecule has 0 radical (unpaired) electrons. The maximum Gasteiger partial charge on any atom is 0.123 e. The van der Waals surface area contributed by atoms with Crippen molar-refractivity contribution in [1.29, 1.82) is 0 Å². The number of hydrogen-bond acceptors (Lipinski definition) is 5. The Balaban J connectivity index is 1.84. The van der Waals surface area contributed by atoms with Gasteiger partial charge in [-0.3, -0.25) is 0 Å². The van der Waals surface area contributed by atoms with Gasteiger partial charge in [-0.2, -0.15) is 0 Å². The van der Waals surface area contributed by atoms with E-state index in [2.05, 4.69) is 32.6 Å². The predicted molar refractivity (Wildman–Crippen MR) is 126 cm³/mol. The maximum absolute atomic E-state index is 11.6. The summed E-state index contributed by atoms with van der Waals surface area (Å²) in [5, 5.41) is 19.1. The average Bonchev–Trinajstić information content (AvgIpc) is 2.74. The van der Waals surface area contributed by atoms with E-state index in [1.807, 2.05) is 36.4 Å². The van der Waals surface area contributed by atoms with Crippen molar-refractivity contribution < 1.29 is 9.84 Å². The van der Waals surface area contributed by atoms with Crippen molar-refractivity contribution in [1.82, 2.24) is 10.6 Å². The van der Waals surface area contributed by atoms with Gasteiger partial charge >= 0.3 is 0 Å². The summed E-state index contributed by atoms with van der Waals surface area (Å²) in [6.07, 6.45) is 2.32. The first-order valence-corrected chi connectivity index (χ1v) is 11.7. The van der Waals surface area contributed by atoms with E-state index < -0.39 is 5.60 Å². The number of rotatable bonds is 10. The molecule has 2 aromatic rings. The molecule has 0 aromatic heterocycles. The largest absolute Gasteiger partial charge is 0.489 e. The lowest BCUT2D eigenvalue weighted by atomic mass is 9.75. The van der Waals surface area contributed by atoms with Crippen LogP contribution in [0, 0.1) is 0 Å². The van der Waals surface area contributed by atoms with Gasteiger partial charge in [-0.15, -0.1) is 0 Å². The van der Waals surface area contributed by atoms with Gasteiger partial charge in [0.2, 0.25) is 0 Å². The summed E-state index contributed by atoms with van der Waals surface area (Å²) in [6, 6.07) is 13.7. The molecular weight excluding hydrogens is 466 g/mol. The van der Waals surface area contributed by atoms with Crippen molar-refractivity contribution in [2.75, 3.05) is 32.7 Å². The molecule has 30 heavy (non-hydrogen) atoms. The zero-order chi connectivity index (χ0) is 21.4. The molecule has 7 heteroatoms. The Morgan fingerprint density at radius 2 is 1.93 bits per heavy atom. The van der Waals surface area contributed by atoms with Crippen LogP contribution in [0.15, 0.2) is 46.9 Å². The number of benzene rings is 2. The van der Waals surface area contributed by atoms with Crippen molar-refractivity contribution in [2.24, 2.45) is 5.73 Å². The van der Waals surface area contributed by atoms with Crippen LogP contribution in [0.5, 0.6) is 5.75 Å². The third-order valence-corrected chi connectivity index (χ3v) is 6.42. The second-order valence-electron chi connectivity index (χ2n) is 7.85. The van der Waals surface area contributed by atoms with Crippen molar-refractivity contribution in [3.8, 4) is 5.75 Å². The average molecular weight is 497 g/mol. The van der Waals surface area contributed by atoms with Crippen LogP contribution < -0.4 is 21.1 Å². The number of ether oxygens (including phenoxy) is 1. The quantitative estimate of drug-likeness (QED) is 0.376. The molecule has 1 aliphatic heterocycles. The van der Waals surface area contributed by atoms with E-state index in [1.165, 1.54) is 0 Å². The van der Waals surface area contributed by atoms with E-state index in [0.717, 1.165) is 47.4 Å². The number of nitrogens with two attached hydrogens (primary N) is 1. The van der Waals surface area contributed by atoms with E-state index >= 15 is 0 Å². The third-order valence-electron chi connectivity index (χ3n) is 5.68. The molecule has 5 nitrogen and oxygen atoms in total. The summed E-state index contributed by atoms with van der Waals surface area (Å²) in [5.74, 6) is 0.709. The third kappa shape index (κ3) is 6.42. The second kappa shape index (κ2) is 11.5. The normalized spacial score (nSPS) is 16.9. The first-order valence-electron chi connectivity index (χ1n) is 10.5. The highest BCUT2D eigenvalue weighted by molar-refractivity contribution is 9.10. The van der Waals surface area contributed by atoms with Gasteiger partial charge in [0, 0.05) is 27.5 Å². The molecule has 1 heterocycles. The summed E-state index contributed by atoms with van der Waals surface area (Å²) in [5.41, 5.74) is 6.91. The Morgan fingerprint density at radius 1 is 1.20 bits per heavy atom. The highest BCUT2D eigenvalue weighted by atomic mass is 79.9. The van der Waals surface area contributed by atoms with Crippen molar-refractivity contribution in [2.45, 2.75) is 37.4 Å². The Labute approximate surface area is 192 Å². The van der Waals surface area contributed by atoms with Gasteiger partial charge in [0.15, 0.2) is 0 Å². The minimum Gasteiger partial charge on any atom is -0.489 e. The van der Waals surface area contributed by atoms with Crippen LogP contribution >= 0.6 is 27.5 Å². The maximum atomic E-state index is 11.6. The first-order chi connectivity index (χ1) is 14.5. The highest BCUT2D eigenvalue weighted by Gasteiger charge is 2.40. The van der Waals surface area contributed by atoms with Crippen LogP contribution in [0.1, 0.15) is 36.3 Å². The van der Waals surface area contributed by atoms with Crippen molar-refractivity contribution in [3.63, 3.8) is 0 Å². The Kier molecular flexibility index (Phi) is 8.98. The standard InChI is InChI=1S/C23H31BrClN3O2/c24-18-4-7-22(30-16-17-2-5-19(25)6-3-17)20(14-18)21(15-28-11-1-10-26)23(29)8-12-27-13-9-23/h2-7,14,21,27-29H,1,8-13,15-16,26H2. The predicted octanol–water partition coefficient (Wildman–Crippen LogP) is 3.82. The molecule has 5 N–H and O–H groups in total. The second-order valence-corrected chi connectivity index (χ2v) is 9.20. The van der Waals surface area contributed by atoms with Crippen molar-refractivity contribution in [3.05, 3.63) is 63.1 Å². The van der Waals surface area contributed by atoms with E-state index in [0.29, 0.717) is 37.6 Å². The number of piperidine rings is 1. The molecule has 0 saturated carbocycles. The molecule has 0 aliphatic carbocycles. The molecule has 1 saturated heterocycles. The topological polar surface area (TPSA) is 79.5 Å². The van der Waals surface area contributed by atoms with Gasteiger partial charge in [0.05, 0.1) is 5.60 Å². The Bertz CT molecular complexity index is 798. The minimum atomic E-state index is -0.792. The lowest BCUT2D eigenvalue weighted by Crippen LogP contribution is -2.49. The SMILES string of the molecule is NCCCNCC(c1cc(Br)ccc1OCc1ccc(Cl)cc1)C1(O)CCNCC1. The summed E-state index contributed by atoms with van der Waals surface area (Å²) in [4.78, 5) is 0. The Hall–Kier alpha value is -1.15. The lowest BCUT2D eigenvalue weighted by Gasteiger charge is -2.40. The monoisotopic (exact) mass is 495 g/mol. The number of nitrogens with one attached hydrogen (secondary N) is 2. The van der Waals surface area contributed by atoms with Gasteiger partial charge in [0.1, 0.15) is 12.4 Å². The van der Waals surface area contributed by atoms with E-state index in [9.17, 15) is 5.11 Å². The summed E-state index contributed by atoms with van der Waals surface area (Å²) in [7, 11) is 0. The first kappa shape index (κ1) is 23.5. The number of hydrogen-bond donors (Lipinski definition) is 4. The summed E-state index contributed by atoms with van der Waals surface area (Å²) >= 11 is 9.59. The van der Waals surface area contributed by atoms with Gasteiger partial charge in [-0.1, -0.05) is 39.7 Å². The molecule has 1 atom stereocenters. The molecule has 164 valence electrons. The number of aliphatic hydroxyl groups is 1. The van der Waals surface area contributed by atoms with E-state index in [4.69, 9.17) is 22.1 Å². The van der Waals surface area contributed by atoms with Gasteiger partial charge in [0.25, 0.3) is 0 Å². The summed E-state index contributed by atoms with van der Waals surface area (Å²) < 4.78 is 7.20. The van der Waals surface area contributed by atoms with Gasteiger partial charge in [-0.25, -0.2) is 0 Å². The smallest absolute Gasteiger partial charge is 0.123 e. The number of halogens is 2. The van der Waals surface area contributed by atoms with Crippen LogP contribution in [0.2, 0.25) is 5.02 Å². The van der Waals surface area contributed by atoms with Crippen LogP contribution in [-0.4, -0.2) is 43.4 Å². The van der Waals surface area contributed by atoms with Crippen LogP contribution in [0.3, 0.4) is 0 Å². The molecule has 0 amide bonds. The molecule has 1 fully saturated rings. The molecule has 2 aromatic carbocycles. The lowest BCUT2D eigenvalue weighted by molar-refractivity contribution is -0.0163. The molecule has 0 spiro atoms. The van der Waals surface area contributed by atoms with Crippen LogP contribution in [0.25, 0.3) is 0 Å². The van der Waals surface area contributed by atoms with Gasteiger partial charge in [-0.05, 0) is 81.3 Å². The molecule has 1 aliphatic rings. The minimum absolute atomic E-state index is 0.0879. The highest BCUT2D eigenvalue weighted by Crippen LogP contribution is 2.40. The fourth-order valence-electron chi connectivity index (χ4n) is 3.94. The van der Waals surface area contributed by atoms with Crippen molar-refractivity contribution >= 4 is 27.5 Å². The fraction of sp³-hybridized carbons (Fsp3) is 0.478. The molecule has 3 rings (SSSR count). The van der Waals surface area contributed by atoms with Crippen LogP contribution in [-0.2, 0) is 6.61 Å². The zero-order valence-electron chi connectivity index (χ0n) is 17.2. The Morgan fingerprint density at radius 3 is 2.63 bits per heavy atom. The molecule has 1 unspecified atom stereocenters. The summed E-state index contributed by atoms with van der Waals surface area (Å²) in [6.45, 7) is 4.22. The van der Waals surface area contributed by atoms with E-state index in [-0.39, 0.29) is 5.92 Å². The fourth-order valence-corrected chi connectivity index (χ4v) is 4.44. The zero-order valence-corrected chi connectivity index (χ0v) is 19.5. The van der Waals surface area contributed by atoms with Crippen LogP contribution in [0.4, 0.5) is 0 Å². The molecule has 0 bridgehead atoms. The molecular formula is C23H31BrClN3O2. The van der Waals surface area contributed by atoms with Gasteiger partial charge < -0.3 is 26.2 Å².